The van der Waals surface area contributed by atoms with Crippen LogP contribution < -0.4 is 4.72 Å². The van der Waals surface area contributed by atoms with Crippen LogP contribution in [0.1, 0.15) is 20.8 Å². The van der Waals surface area contributed by atoms with Crippen molar-refractivity contribution in [1.82, 2.24) is 4.72 Å². The van der Waals surface area contributed by atoms with Gasteiger partial charge in [-0.1, -0.05) is 12.1 Å². The minimum Gasteiger partial charge on any atom is -0.477 e. The van der Waals surface area contributed by atoms with E-state index >= 15 is 0 Å². The summed E-state index contributed by atoms with van der Waals surface area (Å²) in [5.41, 5.74) is 1.19. The molecule has 1 aromatic carbocycles. The number of hydrogen-bond donors (Lipinski definition) is 2. The van der Waals surface area contributed by atoms with E-state index in [0.29, 0.717) is 11.1 Å². The second-order valence-electron chi connectivity index (χ2n) is 4.09. The summed E-state index contributed by atoms with van der Waals surface area (Å²) in [6.07, 6.45) is 0. The maximum atomic E-state index is 12.0. The summed E-state index contributed by atoms with van der Waals surface area (Å²) in [4.78, 5) is 10.6. The molecule has 0 fully saturated rings. The number of sulfonamides is 1. The molecule has 2 N–H and O–H groups in total. The van der Waals surface area contributed by atoms with Crippen LogP contribution in [0.3, 0.4) is 0 Å². The molecule has 0 aliphatic carbocycles. The summed E-state index contributed by atoms with van der Waals surface area (Å²) in [5, 5.41) is 18.7. The average molecular weight is 322 g/mol. The lowest BCUT2D eigenvalue weighted by Crippen LogP contribution is -2.22. The van der Waals surface area contributed by atoms with Crippen LogP contribution in [-0.2, 0) is 16.6 Å². The zero-order valence-electron chi connectivity index (χ0n) is 10.6. The Hall–Kier alpha value is -2.21. The fourth-order valence-electron chi connectivity index (χ4n) is 1.53. The first-order valence-corrected chi connectivity index (χ1v) is 8.09. The molecule has 0 atom stereocenters. The molecule has 2 aromatic rings. The number of nitrogens with zero attached hydrogens (tertiary/aromatic N) is 1. The molecule has 2 rings (SSSR count). The van der Waals surface area contributed by atoms with E-state index in [9.17, 15) is 13.2 Å². The maximum absolute atomic E-state index is 12.0. The Morgan fingerprint density at radius 2 is 2.00 bits per heavy atom. The average Bonchev–Trinajstić information content (AvgIpc) is 2.97. The Labute approximate surface area is 125 Å². The summed E-state index contributed by atoms with van der Waals surface area (Å²) < 4.78 is 26.4. The fraction of sp³-hybridized carbons (Fsp3) is 0.0769. The van der Waals surface area contributed by atoms with Gasteiger partial charge in [-0.25, -0.2) is 17.9 Å². The number of thiophene rings is 1. The quantitative estimate of drug-likeness (QED) is 0.872. The topological polar surface area (TPSA) is 107 Å². The van der Waals surface area contributed by atoms with Gasteiger partial charge in [0, 0.05) is 11.9 Å². The van der Waals surface area contributed by atoms with Gasteiger partial charge in [0.1, 0.15) is 4.88 Å². The number of carboxylic acids is 1. The Morgan fingerprint density at radius 3 is 2.52 bits per heavy atom. The van der Waals surface area contributed by atoms with Gasteiger partial charge < -0.3 is 5.11 Å². The molecule has 21 heavy (non-hydrogen) atoms. The number of nitriles is 1. The van der Waals surface area contributed by atoms with Crippen molar-refractivity contribution in [2.45, 2.75) is 11.4 Å². The van der Waals surface area contributed by atoms with E-state index in [-0.39, 0.29) is 16.3 Å². The summed E-state index contributed by atoms with van der Waals surface area (Å²) >= 11 is 0.856. The second-order valence-corrected chi connectivity index (χ2v) is 6.76. The van der Waals surface area contributed by atoms with Gasteiger partial charge in [0.25, 0.3) is 0 Å². The standard InChI is InChI=1S/C13H10N2O4S2/c14-6-9-1-3-10(4-2-9)7-15-21(18,19)11-5-12(13(16)17)20-8-11/h1-5,8,15H,7H2,(H,16,17). The smallest absolute Gasteiger partial charge is 0.345 e. The predicted octanol–water partition coefficient (Wildman–Crippen LogP) is 1.80. The van der Waals surface area contributed by atoms with Crippen molar-refractivity contribution in [3.8, 4) is 6.07 Å². The van der Waals surface area contributed by atoms with Crippen LogP contribution in [-0.4, -0.2) is 19.5 Å². The van der Waals surface area contributed by atoms with Gasteiger partial charge in [-0.3, -0.25) is 0 Å². The summed E-state index contributed by atoms with van der Waals surface area (Å²) in [6.45, 7) is 0.0618. The lowest BCUT2D eigenvalue weighted by molar-refractivity contribution is 0.0702. The largest absolute Gasteiger partial charge is 0.477 e. The predicted molar refractivity (Wildman–Crippen MR) is 76.5 cm³/mol. The molecule has 1 heterocycles. The third kappa shape index (κ3) is 3.66. The first-order valence-electron chi connectivity index (χ1n) is 5.73. The highest BCUT2D eigenvalue weighted by molar-refractivity contribution is 7.89. The van der Waals surface area contributed by atoms with Crippen LogP contribution in [0.5, 0.6) is 0 Å². The van der Waals surface area contributed by atoms with Crippen molar-refractivity contribution in [3.05, 3.63) is 51.7 Å². The molecule has 1 aromatic heterocycles. The monoisotopic (exact) mass is 322 g/mol. The van der Waals surface area contributed by atoms with E-state index in [2.05, 4.69) is 4.72 Å². The first kappa shape index (κ1) is 15.2. The highest BCUT2D eigenvalue weighted by atomic mass is 32.2. The third-order valence-corrected chi connectivity index (χ3v) is 5.09. The van der Waals surface area contributed by atoms with Gasteiger partial charge >= 0.3 is 5.97 Å². The van der Waals surface area contributed by atoms with Gasteiger partial charge in [-0.2, -0.15) is 5.26 Å². The second kappa shape index (κ2) is 6.05. The van der Waals surface area contributed by atoms with Crippen molar-refractivity contribution in [1.29, 1.82) is 5.26 Å². The molecule has 0 radical (unpaired) electrons. The molecule has 108 valence electrons. The summed E-state index contributed by atoms with van der Waals surface area (Å²) in [7, 11) is -3.75. The number of nitrogens with one attached hydrogen (secondary N) is 1. The first-order chi connectivity index (χ1) is 9.92. The van der Waals surface area contributed by atoms with Crippen LogP contribution in [0.2, 0.25) is 0 Å². The molecule has 0 spiro atoms. The van der Waals surface area contributed by atoms with Crippen molar-refractivity contribution < 1.29 is 18.3 Å². The Kier molecular flexibility index (Phi) is 4.37. The molecule has 0 aliphatic rings. The molecule has 0 aliphatic heterocycles. The van der Waals surface area contributed by atoms with Gasteiger partial charge in [0.05, 0.1) is 16.5 Å². The van der Waals surface area contributed by atoms with Crippen molar-refractivity contribution in [2.24, 2.45) is 0 Å². The minimum absolute atomic E-state index is 0.0336. The number of carbonyl (C=O) groups is 1. The van der Waals surface area contributed by atoms with Gasteiger partial charge in [0.15, 0.2) is 0 Å². The SMILES string of the molecule is N#Cc1ccc(CNS(=O)(=O)c2csc(C(=O)O)c2)cc1. The van der Waals surface area contributed by atoms with E-state index < -0.39 is 16.0 Å². The molecular weight excluding hydrogens is 312 g/mol. The van der Waals surface area contributed by atoms with Gasteiger partial charge in [-0.05, 0) is 23.8 Å². The number of benzene rings is 1. The number of carboxylic acid groups (broad SMARTS) is 1. The van der Waals surface area contributed by atoms with Crippen LogP contribution in [0.25, 0.3) is 0 Å². The number of rotatable bonds is 5. The summed E-state index contributed by atoms with van der Waals surface area (Å²) in [6, 6.07) is 9.58. The molecule has 8 heteroatoms. The Bertz CT molecular complexity index is 801. The van der Waals surface area contributed by atoms with Crippen LogP contribution >= 0.6 is 11.3 Å². The molecule has 0 unspecified atom stereocenters. The molecule has 0 bridgehead atoms. The Morgan fingerprint density at radius 1 is 1.33 bits per heavy atom. The Balaban J connectivity index is 2.09. The molecule has 0 amide bonds. The highest BCUT2D eigenvalue weighted by Crippen LogP contribution is 2.19. The van der Waals surface area contributed by atoms with Gasteiger partial charge in [-0.15, -0.1) is 11.3 Å². The third-order valence-electron chi connectivity index (χ3n) is 2.65. The van der Waals surface area contributed by atoms with Crippen molar-refractivity contribution in [3.63, 3.8) is 0 Å². The van der Waals surface area contributed by atoms with E-state index in [4.69, 9.17) is 10.4 Å². The van der Waals surface area contributed by atoms with Crippen molar-refractivity contribution in [2.75, 3.05) is 0 Å². The number of aromatic carboxylic acids is 1. The van der Waals surface area contributed by atoms with Crippen LogP contribution in [0, 0.1) is 11.3 Å². The van der Waals surface area contributed by atoms with E-state index in [1.54, 1.807) is 24.3 Å². The van der Waals surface area contributed by atoms with Crippen molar-refractivity contribution >= 4 is 27.3 Å². The normalized spacial score (nSPS) is 11.0. The zero-order chi connectivity index (χ0) is 15.5. The number of hydrogen-bond acceptors (Lipinski definition) is 5. The highest BCUT2D eigenvalue weighted by Gasteiger charge is 2.18. The fourth-order valence-corrected chi connectivity index (χ4v) is 3.66. The van der Waals surface area contributed by atoms with Crippen LogP contribution in [0.4, 0.5) is 0 Å². The molecule has 0 saturated carbocycles. The lowest BCUT2D eigenvalue weighted by Gasteiger charge is -2.05. The lowest BCUT2D eigenvalue weighted by atomic mass is 10.1. The van der Waals surface area contributed by atoms with E-state index in [0.717, 1.165) is 17.4 Å². The maximum Gasteiger partial charge on any atom is 0.345 e. The van der Waals surface area contributed by atoms with Crippen LogP contribution in [0.15, 0.2) is 40.6 Å². The summed E-state index contributed by atoms with van der Waals surface area (Å²) in [5.74, 6) is -1.16. The molecular formula is C13H10N2O4S2. The van der Waals surface area contributed by atoms with E-state index in [1.165, 1.54) is 5.38 Å². The molecule has 6 nitrogen and oxygen atoms in total. The zero-order valence-corrected chi connectivity index (χ0v) is 12.2. The van der Waals surface area contributed by atoms with Gasteiger partial charge in [0.2, 0.25) is 10.0 Å². The minimum atomic E-state index is -3.75. The molecule has 0 saturated heterocycles. The van der Waals surface area contributed by atoms with E-state index in [1.807, 2.05) is 6.07 Å².